The molecule has 3 aliphatic rings. The van der Waals surface area contributed by atoms with Crippen LogP contribution in [0.3, 0.4) is 0 Å². The smallest absolute Gasteiger partial charge is 0.408 e. The third-order valence-corrected chi connectivity index (χ3v) is 12.7. The molecule has 6 heterocycles. The van der Waals surface area contributed by atoms with Crippen molar-refractivity contribution in [3.8, 4) is 21.8 Å². The van der Waals surface area contributed by atoms with E-state index in [0.717, 1.165) is 44.0 Å². The van der Waals surface area contributed by atoms with Gasteiger partial charge in [0.1, 0.15) is 22.5 Å². The molecular formula is C38H47ClN6O6S2. The molecule has 0 spiro atoms. The second-order valence-corrected chi connectivity index (χ2v) is 18.3. The molecule has 0 aromatic carbocycles. The average molecular weight is 783 g/mol. The number of alkyl carbamates (subject to hydrolysis) is 1. The topological polar surface area (TPSA) is 137 Å². The molecule has 1 aliphatic carbocycles. The lowest BCUT2D eigenvalue weighted by Crippen LogP contribution is -2.61. The van der Waals surface area contributed by atoms with Crippen molar-refractivity contribution < 1.29 is 28.6 Å². The van der Waals surface area contributed by atoms with Gasteiger partial charge >= 0.3 is 12.1 Å². The number of nitrogens with zero attached hydrogens (tertiary/aromatic N) is 4. The molecule has 5 atom stereocenters. The number of ether oxygens (including phenoxy) is 3. The SMILES string of the molecule is CCn1c(-c2cccnc2[C@H](C)OC)c2c3c(Cl)c(sc31)-c1csc(n1)C[C@H](NC(=O)OC(C)(C)C)C(=O)N1CC3CC3[C@H](N1)C(=O)OCC(C)(C)C2. The van der Waals surface area contributed by atoms with Gasteiger partial charge in [-0.25, -0.2) is 15.2 Å². The zero-order valence-corrected chi connectivity index (χ0v) is 33.8. The number of hydrazine groups is 1. The quantitative estimate of drug-likeness (QED) is 0.202. The minimum absolute atomic E-state index is 0.0682. The van der Waals surface area contributed by atoms with Gasteiger partial charge in [-0.05, 0) is 77.0 Å². The number of aromatic nitrogens is 3. The monoisotopic (exact) mass is 782 g/mol. The van der Waals surface area contributed by atoms with Crippen LogP contribution >= 0.6 is 34.3 Å². The Morgan fingerprint density at radius 2 is 2.06 bits per heavy atom. The number of hydrogen-bond acceptors (Lipinski definition) is 11. The first-order valence-corrected chi connectivity index (χ1v) is 20.2. The highest BCUT2D eigenvalue weighted by Crippen LogP contribution is 2.50. The van der Waals surface area contributed by atoms with Gasteiger partial charge in [0.2, 0.25) is 0 Å². The van der Waals surface area contributed by atoms with E-state index in [9.17, 15) is 14.4 Å². The lowest BCUT2D eigenvalue weighted by atomic mass is 9.84. The first kappa shape index (κ1) is 37.7. The summed E-state index contributed by atoms with van der Waals surface area (Å²) in [6, 6.07) is 2.33. The predicted molar refractivity (Wildman–Crippen MR) is 206 cm³/mol. The van der Waals surface area contributed by atoms with Crippen LogP contribution in [-0.2, 0) is 43.2 Å². The number of cyclic esters (lactones) is 1. The molecule has 0 radical (unpaired) electrons. The minimum atomic E-state index is -0.999. The van der Waals surface area contributed by atoms with Crippen LogP contribution < -0.4 is 10.7 Å². The number of carbonyl (C=O) groups excluding carboxylic acids is 3. The summed E-state index contributed by atoms with van der Waals surface area (Å²) in [6.45, 7) is 14.8. The van der Waals surface area contributed by atoms with E-state index < -0.39 is 35.2 Å². The molecular weight excluding hydrogens is 736 g/mol. The number of pyridine rings is 1. The van der Waals surface area contributed by atoms with E-state index in [1.165, 1.54) is 16.3 Å². The third kappa shape index (κ3) is 7.45. The lowest BCUT2D eigenvalue weighted by molar-refractivity contribution is -0.155. The van der Waals surface area contributed by atoms with Crippen molar-refractivity contribution in [2.45, 2.75) is 98.1 Å². The molecule has 4 aromatic rings. The molecule has 15 heteroatoms. The largest absolute Gasteiger partial charge is 0.464 e. The second kappa shape index (κ2) is 14.3. The van der Waals surface area contributed by atoms with E-state index in [1.54, 1.807) is 45.4 Å². The number of amides is 2. The molecule has 2 fully saturated rings. The van der Waals surface area contributed by atoms with Crippen LogP contribution in [0.2, 0.25) is 5.02 Å². The number of hydrogen-bond donors (Lipinski definition) is 2. The van der Waals surface area contributed by atoms with E-state index in [2.05, 4.69) is 42.1 Å². The van der Waals surface area contributed by atoms with Gasteiger partial charge in [-0.2, -0.15) is 0 Å². The Kier molecular flexibility index (Phi) is 10.2. The van der Waals surface area contributed by atoms with Crippen molar-refractivity contribution in [2.75, 3.05) is 20.3 Å². The number of halogens is 1. The number of aryl methyl sites for hydroxylation is 1. The van der Waals surface area contributed by atoms with Crippen molar-refractivity contribution in [3.05, 3.63) is 45.0 Å². The van der Waals surface area contributed by atoms with Gasteiger partial charge in [0, 0.05) is 54.6 Å². The van der Waals surface area contributed by atoms with Crippen molar-refractivity contribution >= 4 is 62.5 Å². The van der Waals surface area contributed by atoms with Gasteiger partial charge in [0.25, 0.3) is 5.91 Å². The zero-order chi connectivity index (χ0) is 38.0. The van der Waals surface area contributed by atoms with Crippen LogP contribution in [0.15, 0.2) is 23.7 Å². The van der Waals surface area contributed by atoms with Crippen LogP contribution in [0.5, 0.6) is 0 Å². The maximum Gasteiger partial charge on any atom is 0.408 e. The van der Waals surface area contributed by atoms with Gasteiger partial charge in [-0.1, -0.05) is 25.4 Å². The number of fused-ring (bicyclic) bond motifs is 8. The molecule has 12 nitrogen and oxygen atoms in total. The Morgan fingerprint density at radius 1 is 1.28 bits per heavy atom. The van der Waals surface area contributed by atoms with E-state index >= 15 is 0 Å². The summed E-state index contributed by atoms with van der Waals surface area (Å²) in [5.41, 5.74) is 6.46. The Bertz CT molecular complexity index is 2070. The molecule has 2 aliphatic heterocycles. The highest BCUT2D eigenvalue weighted by Gasteiger charge is 2.53. The molecule has 1 saturated carbocycles. The predicted octanol–water partition coefficient (Wildman–Crippen LogP) is 7.18. The van der Waals surface area contributed by atoms with Crippen LogP contribution in [0.1, 0.15) is 77.3 Å². The Labute approximate surface area is 322 Å². The molecule has 6 bridgehead atoms. The zero-order valence-electron chi connectivity index (χ0n) is 31.4. The van der Waals surface area contributed by atoms with Crippen molar-refractivity contribution in [1.29, 1.82) is 0 Å². The third-order valence-electron chi connectivity index (χ3n) is 10.1. The summed E-state index contributed by atoms with van der Waals surface area (Å²) in [6.07, 6.45) is 2.30. The molecule has 2 amide bonds. The lowest BCUT2D eigenvalue weighted by Gasteiger charge is -2.35. The number of carbonyl (C=O) groups is 3. The van der Waals surface area contributed by atoms with E-state index in [4.69, 9.17) is 35.8 Å². The van der Waals surface area contributed by atoms with E-state index in [-0.39, 0.29) is 36.9 Å². The van der Waals surface area contributed by atoms with Crippen molar-refractivity contribution in [2.24, 2.45) is 17.3 Å². The summed E-state index contributed by atoms with van der Waals surface area (Å²) in [5.74, 6) is -0.546. The first-order valence-electron chi connectivity index (χ1n) is 18.1. The van der Waals surface area contributed by atoms with E-state index in [0.29, 0.717) is 35.2 Å². The Balaban J connectivity index is 1.37. The standard InChI is InChI=1S/C38H47ClN6O6S2/c1-9-44-31(21-11-10-12-40-29(21)19(2)49-8)23-15-38(6,7)18-50-35(47)30-22-13-20(22)16-45(43-30)33(46)24(42-36(48)51-37(3,4)5)14-26-41-25(17-52-26)32-28(39)27(23)34(44)53-32/h10-12,17,19-20,22,24,30,43H,9,13-16,18H2,1-8H3,(H,42,48)/t19-,20?,22?,24-,30-/m0/s1. The number of thiophene rings is 1. The Hall–Kier alpha value is -3.56. The Morgan fingerprint density at radius 3 is 2.77 bits per heavy atom. The molecule has 7 rings (SSSR count). The van der Waals surface area contributed by atoms with Gasteiger partial charge < -0.3 is 24.1 Å². The summed E-state index contributed by atoms with van der Waals surface area (Å²) >= 11 is 10.4. The fraction of sp³-hybridized carbons (Fsp3) is 0.553. The number of esters is 1. The van der Waals surface area contributed by atoms with Gasteiger partial charge in [-0.3, -0.25) is 19.6 Å². The maximum atomic E-state index is 14.2. The summed E-state index contributed by atoms with van der Waals surface area (Å²) in [7, 11) is 1.68. The number of rotatable bonds is 5. The van der Waals surface area contributed by atoms with Gasteiger partial charge in [0.05, 0.1) is 44.7 Å². The summed E-state index contributed by atoms with van der Waals surface area (Å²) < 4.78 is 19.7. The molecule has 2 N–H and O–H groups in total. The molecule has 284 valence electrons. The van der Waals surface area contributed by atoms with Gasteiger partial charge in [-0.15, -0.1) is 22.7 Å². The average Bonchev–Trinajstić information content (AvgIpc) is 3.46. The van der Waals surface area contributed by atoms with Crippen LogP contribution in [0, 0.1) is 17.3 Å². The summed E-state index contributed by atoms with van der Waals surface area (Å²) in [4.78, 5) is 52.6. The number of nitrogens with one attached hydrogen (secondary N) is 2. The maximum absolute atomic E-state index is 14.2. The molecule has 2 unspecified atom stereocenters. The minimum Gasteiger partial charge on any atom is -0.464 e. The highest BCUT2D eigenvalue weighted by molar-refractivity contribution is 7.23. The first-order chi connectivity index (χ1) is 25.1. The second-order valence-electron chi connectivity index (χ2n) is 16.0. The van der Waals surface area contributed by atoms with E-state index in [1.807, 2.05) is 18.4 Å². The summed E-state index contributed by atoms with van der Waals surface area (Å²) in [5, 5.41) is 8.39. The van der Waals surface area contributed by atoms with Crippen LogP contribution in [0.25, 0.3) is 32.0 Å². The van der Waals surface area contributed by atoms with Crippen LogP contribution in [0.4, 0.5) is 4.79 Å². The highest BCUT2D eigenvalue weighted by atomic mass is 35.5. The molecule has 53 heavy (non-hydrogen) atoms. The normalized spacial score (nSPS) is 23.6. The number of methoxy groups -OCH3 is 1. The van der Waals surface area contributed by atoms with Crippen molar-refractivity contribution in [3.63, 3.8) is 0 Å². The van der Waals surface area contributed by atoms with Crippen molar-refractivity contribution in [1.82, 2.24) is 30.3 Å². The van der Waals surface area contributed by atoms with Gasteiger partial charge in [0.15, 0.2) is 0 Å². The fourth-order valence-electron chi connectivity index (χ4n) is 7.46. The van der Waals surface area contributed by atoms with Crippen LogP contribution in [-0.4, -0.2) is 75.5 Å². The number of thiazole rings is 1. The fourth-order valence-corrected chi connectivity index (χ4v) is 10.1. The molecule has 1 saturated heterocycles. The molecule has 4 aromatic heterocycles.